The molecule has 1 aliphatic rings. The summed E-state index contributed by atoms with van der Waals surface area (Å²) in [5.74, 6) is -10.1. The number of aromatic nitrogens is 1. The van der Waals surface area contributed by atoms with Crippen LogP contribution in [0.1, 0.15) is 98.2 Å². The van der Waals surface area contributed by atoms with Crippen molar-refractivity contribution >= 4 is 81.6 Å². The summed E-state index contributed by atoms with van der Waals surface area (Å²) in [5.41, 5.74) is 36.1. The van der Waals surface area contributed by atoms with Crippen molar-refractivity contribution in [3.63, 3.8) is 0 Å². The first kappa shape index (κ1) is 62.7. The molecular formula is C56H75N15O10. The number of hydrogen-bond donors (Lipinski definition) is 13. The van der Waals surface area contributed by atoms with Crippen LogP contribution in [-0.4, -0.2) is 126 Å². The lowest BCUT2D eigenvalue weighted by molar-refractivity contribution is -0.136. The third-order valence-corrected chi connectivity index (χ3v) is 13.8. The number of fused-ring (bicyclic) bond motifs is 1. The van der Waals surface area contributed by atoms with Gasteiger partial charge in [0.15, 0.2) is 17.7 Å². The molecule has 5 rings (SSSR count). The van der Waals surface area contributed by atoms with E-state index in [0.29, 0.717) is 11.1 Å². The Balaban J connectivity index is 1.60. The van der Waals surface area contributed by atoms with Crippen LogP contribution in [0.2, 0.25) is 0 Å². The van der Waals surface area contributed by atoms with Crippen LogP contribution in [0.3, 0.4) is 0 Å². The van der Waals surface area contributed by atoms with Gasteiger partial charge in [-0.2, -0.15) is 0 Å². The highest BCUT2D eigenvalue weighted by Crippen LogP contribution is 2.26. The number of H-pyrrole nitrogens is 1. The van der Waals surface area contributed by atoms with Crippen LogP contribution in [0.25, 0.3) is 10.9 Å². The topological polar surface area (TPSA) is 440 Å². The zero-order valence-electron chi connectivity index (χ0n) is 45.4. The zero-order chi connectivity index (χ0) is 59.0. The molecule has 3 aromatic carbocycles. The number of Topliss-reactive ketones (excluding diaryl/α,β-unsaturated/α-hetero) is 2. The molecule has 25 heteroatoms. The molecule has 0 bridgehead atoms. The van der Waals surface area contributed by atoms with Gasteiger partial charge in [-0.15, -0.1) is 0 Å². The lowest BCUT2D eigenvalue weighted by Crippen LogP contribution is -2.59. The number of benzene rings is 3. The maximum Gasteiger partial charge on any atom is 0.248 e. The van der Waals surface area contributed by atoms with Crippen LogP contribution in [0, 0.1) is 11.8 Å². The second kappa shape index (κ2) is 31.4. The molecule has 8 amide bonds. The molecule has 1 fully saturated rings. The summed E-state index contributed by atoms with van der Waals surface area (Å²) < 4.78 is 0. The average molecular weight is 1120 g/mol. The van der Waals surface area contributed by atoms with Crippen molar-refractivity contribution in [2.75, 3.05) is 19.6 Å². The number of amides is 8. The van der Waals surface area contributed by atoms with E-state index in [1.54, 1.807) is 48.7 Å². The molecule has 434 valence electrons. The number of hydrogen-bond acceptors (Lipinski definition) is 12. The third-order valence-electron chi connectivity index (χ3n) is 13.8. The van der Waals surface area contributed by atoms with Crippen molar-refractivity contribution in [1.29, 1.82) is 0 Å². The minimum absolute atomic E-state index is 0.00524. The van der Waals surface area contributed by atoms with Crippen molar-refractivity contribution in [2.24, 2.45) is 56.2 Å². The first-order valence-corrected chi connectivity index (χ1v) is 26.9. The number of ketones is 2. The molecule has 4 aromatic rings. The standard InChI is InChI=1S/C56H75N15O10/c1-32(72)67-42(21-12-24-65-56(61)62)52(79)71-45-30-48(75)63-22-10-9-20-41(50(58)77)68-51(78)36(26-37-31-66-40-19-8-7-17-38(37)40)29-46(73)35(16-11-23-64-55(59)60)28-47(74)43(25-33-13-3-2-4-14-33)69-53(80)44(70-54(45)81)27-34-15-5-6-18-39(34)49(57)76/h2-8,13-15,17-19,31,35-36,41-45,66H,9-12,16,20-30H2,1H3,(H2,57,76)(H2,58,77)(H,63,75)(H,67,72)(H,68,78)(H,69,80)(H,70,81)(H,71,79)(H4,59,60,64)(H4,61,62,65)/t35-,36-,41+,42+,43-,44+,45+/m1/s1. The highest BCUT2D eigenvalue weighted by atomic mass is 16.2. The van der Waals surface area contributed by atoms with E-state index in [-0.39, 0.29) is 107 Å². The van der Waals surface area contributed by atoms with E-state index in [2.05, 4.69) is 46.9 Å². The normalized spacial score (nSPS) is 20.5. The molecule has 7 atom stereocenters. The van der Waals surface area contributed by atoms with Gasteiger partial charge in [0.2, 0.25) is 47.3 Å². The second-order valence-corrected chi connectivity index (χ2v) is 20.1. The minimum atomic E-state index is -1.71. The van der Waals surface area contributed by atoms with Crippen molar-refractivity contribution in [1.82, 2.24) is 36.9 Å². The summed E-state index contributed by atoms with van der Waals surface area (Å²) in [5, 5.41) is 16.8. The highest BCUT2D eigenvalue weighted by molar-refractivity contribution is 6.00. The molecule has 0 spiro atoms. The van der Waals surface area contributed by atoms with Gasteiger partial charge < -0.3 is 71.3 Å². The van der Waals surface area contributed by atoms with Gasteiger partial charge in [0.25, 0.3) is 0 Å². The fraction of sp³-hybridized carbons (Fsp3) is 0.429. The first-order chi connectivity index (χ1) is 38.7. The fourth-order valence-corrected chi connectivity index (χ4v) is 9.58. The van der Waals surface area contributed by atoms with E-state index in [0.717, 1.165) is 10.9 Å². The molecule has 1 aliphatic heterocycles. The third kappa shape index (κ3) is 20.5. The van der Waals surface area contributed by atoms with Crippen molar-refractivity contribution in [3.8, 4) is 0 Å². The number of nitrogens with one attached hydrogen (secondary N) is 7. The summed E-state index contributed by atoms with van der Waals surface area (Å²) in [4.78, 5) is 151. The zero-order valence-corrected chi connectivity index (χ0v) is 45.4. The predicted octanol–water partition coefficient (Wildman–Crippen LogP) is -0.828. The van der Waals surface area contributed by atoms with E-state index in [1.165, 1.54) is 19.1 Å². The van der Waals surface area contributed by atoms with Crippen molar-refractivity contribution < 1.29 is 47.9 Å². The van der Waals surface area contributed by atoms with E-state index < -0.39 is 120 Å². The van der Waals surface area contributed by atoms with Crippen LogP contribution in [0.15, 0.2) is 95.0 Å². The summed E-state index contributed by atoms with van der Waals surface area (Å²) in [6.07, 6.45) is 0.767. The second-order valence-electron chi connectivity index (χ2n) is 20.1. The molecule has 2 heterocycles. The molecule has 0 aliphatic carbocycles. The monoisotopic (exact) mass is 1120 g/mol. The molecule has 0 unspecified atom stereocenters. The Morgan fingerprint density at radius 3 is 2.00 bits per heavy atom. The maximum atomic E-state index is 15.0. The van der Waals surface area contributed by atoms with E-state index in [4.69, 9.17) is 34.4 Å². The summed E-state index contributed by atoms with van der Waals surface area (Å²) in [6.45, 7) is 1.35. The Hall–Kier alpha value is -9.16. The number of aromatic amines is 1. The number of aliphatic imine (C=N–C) groups is 2. The van der Waals surface area contributed by atoms with Gasteiger partial charge in [0.05, 0.1) is 12.5 Å². The van der Waals surface area contributed by atoms with Gasteiger partial charge in [-0.25, -0.2) is 0 Å². The van der Waals surface area contributed by atoms with Crippen LogP contribution in [0.5, 0.6) is 0 Å². The largest absolute Gasteiger partial charge is 0.370 e. The SMILES string of the molecule is CC(=O)N[C@@H](CCCN=C(N)N)C(=O)N[C@H]1CC(=O)NCCCC[C@@H](C(N)=O)NC(=O)[C@H](Cc2c[nH]c3ccccc23)CC(=O)[C@H](CCCN=C(N)N)CC(=O)[C@@H](Cc2ccccc2)NC(=O)[C@H](Cc2ccccc2C(N)=O)NC1=O. The average Bonchev–Trinajstić information content (AvgIpc) is 4.10. The number of nitrogens with two attached hydrogens (primary N) is 6. The number of nitrogens with zero attached hydrogens (tertiary/aromatic N) is 2. The Morgan fingerprint density at radius 2 is 1.31 bits per heavy atom. The van der Waals surface area contributed by atoms with Crippen molar-refractivity contribution in [3.05, 3.63) is 107 Å². The van der Waals surface area contributed by atoms with Gasteiger partial charge in [0.1, 0.15) is 30.0 Å². The molecule has 0 saturated carbocycles. The van der Waals surface area contributed by atoms with Gasteiger partial charge >= 0.3 is 0 Å². The summed E-state index contributed by atoms with van der Waals surface area (Å²) in [7, 11) is 0. The summed E-state index contributed by atoms with van der Waals surface area (Å²) in [6, 6.07) is 15.0. The van der Waals surface area contributed by atoms with Gasteiger partial charge in [-0.1, -0.05) is 66.7 Å². The molecule has 0 radical (unpaired) electrons. The molecule has 19 N–H and O–H groups in total. The smallest absolute Gasteiger partial charge is 0.248 e. The molecule has 25 nitrogen and oxygen atoms in total. The minimum Gasteiger partial charge on any atom is -0.370 e. The van der Waals surface area contributed by atoms with Crippen LogP contribution >= 0.6 is 0 Å². The van der Waals surface area contributed by atoms with E-state index >= 15 is 0 Å². The van der Waals surface area contributed by atoms with Crippen LogP contribution < -0.4 is 66.3 Å². The number of primary amides is 2. The Labute approximate surface area is 468 Å². The number of carbonyl (C=O) groups excluding carboxylic acids is 10. The number of para-hydroxylation sites is 1. The maximum absolute atomic E-state index is 15.0. The Morgan fingerprint density at radius 1 is 0.654 bits per heavy atom. The van der Waals surface area contributed by atoms with E-state index in [9.17, 15) is 47.9 Å². The Kier molecular flexibility index (Phi) is 24.3. The number of rotatable bonds is 19. The molecular weight excluding hydrogens is 1040 g/mol. The summed E-state index contributed by atoms with van der Waals surface area (Å²) >= 11 is 0. The molecule has 1 saturated heterocycles. The van der Waals surface area contributed by atoms with E-state index in [1.807, 2.05) is 24.3 Å². The highest BCUT2D eigenvalue weighted by Gasteiger charge is 2.36. The van der Waals surface area contributed by atoms with Gasteiger partial charge in [-0.05, 0) is 86.6 Å². The molecule has 1 aromatic heterocycles. The lowest BCUT2D eigenvalue weighted by atomic mass is 9.83. The fourth-order valence-electron chi connectivity index (χ4n) is 9.58. The number of guanidine groups is 2. The predicted molar refractivity (Wildman–Crippen MR) is 303 cm³/mol. The van der Waals surface area contributed by atoms with Crippen LogP contribution in [-0.2, 0) is 62.4 Å². The molecule has 81 heavy (non-hydrogen) atoms. The first-order valence-electron chi connectivity index (χ1n) is 26.9. The Bertz CT molecular complexity index is 2940. The number of carbonyl (C=O) groups is 10. The van der Waals surface area contributed by atoms with Crippen LogP contribution in [0.4, 0.5) is 0 Å². The quantitative estimate of drug-likeness (QED) is 0.0310. The lowest BCUT2D eigenvalue weighted by Gasteiger charge is -2.27. The van der Waals surface area contributed by atoms with Gasteiger partial charge in [0, 0.05) is 80.3 Å². The van der Waals surface area contributed by atoms with Gasteiger partial charge in [-0.3, -0.25) is 57.9 Å². The van der Waals surface area contributed by atoms with Crippen molar-refractivity contribution in [2.45, 2.75) is 121 Å².